The largest absolute Gasteiger partial charge is 0.330 e. The summed E-state index contributed by atoms with van der Waals surface area (Å²) in [7, 11) is 1.86. The van der Waals surface area contributed by atoms with Crippen molar-refractivity contribution in [3.05, 3.63) is 29.3 Å². The van der Waals surface area contributed by atoms with Gasteiger partial charge in [0.25, 0.3) is 0 Å². The third-order valence-electron chi connectivity index (χ3n) is 3.64. The summed E-state index contributed by atoms with van der Waals surface area (Å²) in [5, 5.41) is 3.39. The van der Waals surface area contributed by atoms with E-state index in [1.54, 1.807) is 4.90 Å². The lowest BCUT2D eigenvalue weighted by Gasteiger charge is -2.26. The van der Waals surface area contributed by atoms with Crippen molar-refractivity contribution in [3.8, 4) is 0 Å². The zero-order chi connectivity index (χ0) is 13.7. The number of aryl methyl sites for hydroxylation is 1. The number of nitrogens with zero attached hydrogens (tertiary/aromatic N) is 1. The Morgan fingerprint density at radius 3 is 2.95 bits per heavy atom. The maximum Gasteiger partial charge on any atom is 0.227 e. The van der Waals surface area contributed by atoms with Crippen molar-refractivity contribution in [2.45, 2.75) is 25.7 Å². The van der Waals surface area contributed by atoms with Crippen molar-refractivity contribution in [2.75, 3.05) is 31.6 Å². The topological polar surface area (TPSA) is 58.4 Å². The molecule has 2 rings (SSSR count). The van der Waals surface area contributed by atoms with Gasteiger partial charge in [-0.15, -0.1) is 0 Å². The number of nitrogens with two attached hydrogens (primary N) is 1. The molecule has 1 aliphatic heterocycles. The van der Waals surface area contributed by atoms with E-state index in [0.29, 0.717) is 6.42 Å². The fraction of sp³-hybridized carbons (Fsp3) is 0.533. The molecule has 0 bridgehead atoms. The predicted octanol–water partition coefficient (Wildman–Crippen LogP) is 1.08. The molecule has 1 aromatic rings. The Bertz CT molecular complexity index is 445. The van der Waals surface area contributed by atoms with E-state index in [9.17, 15) is 4.79 Å². The lowest BCUT2D eigenvalue weighted by Crippen LogP contribution is -2.31. The summed E-state index contributed by atoms with van der Waals surface area (Å²) in [5.74, 6) is 0.212. The summed E-state index contributed by atoms with van der Waals surface area (Å²) in [4.78, 5) is 13.4. The monoisotopic (exact) mass is 261 g/mol. The van der Waals surface area contributed by atoms with Crippen molar-refractivity contribution in [1.29, 1.82) is 0 Å². The SMILES string of the molecule is CN1C(=O)CCc2cc(CCNCCCN)ccc21. The number of nitrogens with one attached hydrogen (secondary N) is 1. The van der Waals surface area contributed by atoms with Crippen LogP contribution in [0.3, 0.4) is 0 Å². The van der Waals surface area contributed by atoms with Crippen LogP contribution in [0.2, 0.25) is 0 Å². The maximum absolute atomic E-state index is 11.6. The second-order valence-corrected chi connectivity index (χ2v) is 5.06. The van der Waals surface area contributed by atoms with Gasteiger partial charge < -0.3 is 16.0 Å². The van der Waals surface area contributed by atoms with Crippen LogP contribution in [0.4, 0.5) is 5.69 Å². The Kier molecular flexibility index (Phi) is 4.93. The lowest BCUT2D eigenvalue weighted by atomic mass is 9.98. The van der Waals surface area contributed by atoms with Crippen molar-refractivity contribution < 1.29 is 4.79 Å². The number of benzene rings is 1. The lowest BCUT2D eigenvalue weighted by molar-refractivity contribution is -0.118. The predicted molar refractivity (Wildman–Crippen MR) is 78.4 cm³/mol. The number of rotatable bonds is 6. The first-order chi connectivity index (χ1) is 9.22. The van der Waals surface area contributed by atoms with Gasteiger partial charge in [-0.05, 0) is 56.1 Å². The Morgan fingerprint density at radius 2 is 2.16 bits per heavy atom. The molecule has 1 aliphatic rings. The molecule has 19 heavy (non-hydrogen) atoms. The van der Waals surface area contributed by atoms with Gasteiger partial charge in [-0.1, -0.05) is 12.1 Å². The van der Waals surface area contributed by atoms with E-state index in [-0.39, 0.29) is 5.91 Å². The Labute approximate surface area is 115 Å². The van der Waals surface area contributed by atoms with Gasteiger partial charge in [0.05, 0.1) is 0 Å². The number of anilines is 1. The number of carbonyl (C=O) groups excluding carboxylic acids is 1. The third-order valence-corrected chi connectivity index (χ3v) is 3.64. The number of carbonyl (C=O) groups is 1. The number of amides is 1. The average molecular weight is 261 g/mol. The van der Waals surface area contributed by atoms with E-state index >= 15 is 0 Å². The molecule has 0 unspecified atom stereocenters. The van der Waals surface area contributed by atoms with E-state index in [4.69, 9.17) is 5.73 Å². The Hall–Kier alpha value is -1.39. The van der Waals surface area contributed by atoms with E-state index in [1.165, 1.54) is 11.1 Å². The highest BCUT2D eigenvalue weighted by Gasteiger charge is 2.20. The molecule has 1 amide bonds. The molecule has 104 valence electrons. The number of fused-ring (bicyclic) bond motifs is 1. The van der Waals surface area contributed by atoms with Gasteiger partial charge >= 0.3 is 0 Å². The molecule has 0 saturated heterocycles. The number of hydrogen-bond donors (Lipinski definition) is 2. The first-order valence-corrected chi connectivity index (χ1v) is 7.01. The molecule has 1 heterocycles. The highest BCUT2D eigenvalue weighted by atomic mass is 16.2. The number of hydrogen-bond acceptors (Lipinski definition) is 3. The molecule has 0 aromatic heterocycles. The first-order valence-electron chi connectivity index (χ1n) is 7.01. The van der Waals surface area contributed by atoms with Crippen LogP contribution < -0.4 is 16.0 Å². The van der Waals surface area contributed by atoms with Gasteiger partial charge in [0, 0.05) is 19.2 Å². The molecule has 4 heteroatoms. The van der Waals surface area contributed by atoms with E-state index in [1.807, 2.05) is 7.05 Å². The average Bonchev–Trinajstić information content (AvgIpc) is 2.43. The van der Waals surface area contributed by atoms with E-state index in [2.05, 4.69) is 23.5 Å². The molecule has 0 saturated carbocycles. The smallest absolute Gasteiger partial charge is 0.227 e. The highest BCUT2D eigenvalue weighted by Crippen LogP contribution is 2.27. The third kappa shape index (κ3) is 3.55. The van der Waals surface area contributed by atoms with E-state index in [0.717, 1.165) is 44.6 Å². The van der Waals surface area contributed by atoms with Crippen molar-refractivity contribution >= 4 is 11.6 Å². The minimum Gasteiger partial charge on any atom is -0.330 e. The van der Waals surface area contributed by atoms with Gasteiger partial charge in [-0.3, -0.25) is 4.79 Å². The van der Waals surface area contributed by atoms with Crippen molar-refractivity contribution in [2.24, 2.45) is 5.73 Å². The Morgan fingerprint density at radius 1 is 1.32 bits per heavy atom. The fourth-order valence-corrected chi connectivity index (χ4v) is 2.45. The summed E-state index contributed by atoms with van der Waals surface area (Å²) in [6, 6.07) is 6.43. The zero-order valence-electron chi connectivity index (χ0n) is 11.6. The van der Waals surface area contributed by atoms with Gasteiger partial charge in [-0.2, -0.15) is 0 Å². The van der Waals surface area contributed by atoms with Gasteiger partial charge in [0.1, 0.15) is 0 Å². The standard InChI is InChI=1S/C15H23N3O/c1-18-14-5-3-12(7-10-17-9-2-8-16)11-13(14)4-6-15(18)19/h3,5,11,17H,2,4,6-10,16H2,1H3. The Balaban J connectivity index is 1.92. The molecule has 0 aliphatic carbocycles. The molecule has 0 spiro atoms. The van der Waals surface area contributed by atoms with Gasteiger partial charge in [-0.25, -0.2) is 0 Å². The molecule has 4 nitrogen and oxygen atoms in total. The summed E-state index contributed by atoms with van der Waals surface area (Å²) >= 11 is 0. The second-order valence-electron chi connectivity index (χ2n) is 5.06. The van der Waals surface area contributed by atoms with Crippen molar-refractivity contribution in [1.82, 2.24) is 5.32 Å². The molecule has 0 fully saturated rings. The van der Waals surface area contributed by atoms with Crippen LogP contribution in [0.15, 0.2) is 18.2 Å². The molecular formula is C15H23N3O. The van der Waals surface area contributed by atoms with Crippen LogP contribution in [0.1, 0.15) is 24.0 Å². The molecular weight excluding hydrogens is 238 g/mol. The molecule has 0 radical (unpaired) electrons. The molecule has 1 aromatic carbocycles. The summed E-state index contributed by atoms with van der Waals surface area (Å²) < 4.78 is 0. The minimum absolute atomic E-state index is 0.212. The summed E-state index contributed by atoms with van der Waals surface area (Å²) in [6.45, 7) is 2.71. The summed E-state index contributed by atoms with van der Waals surface area (Å²) in [6.07, 6.45) is 3.54. The minimum atomic E-state index is 0.212. The highest BCUT2D eigenvalue weighted by molar-refractivity contribution is 5.95. The molecule has 3 N–H and O–H groups in total. The van der Waals surface area contributed by atoms with Crippen LogP contribution in [0, 0.1) is 0 Å². The van der Waals surface area contributed by atoms with Gasteiger partial charge in [0.15, 0.2) is 0 Å². The van der Waals surface area contributed by atoms with Gasteiger partial charge in [0.2, 0.25) is 5.91 Å². The molecule has 0 atom stereocenters. The first kappa shape index (κ1) is 14.0. The zero-order valence-corrected chi connectivity index (χ0v) is 11.6. The fourth-order valence-electron chi connectivity index (χ4n) is 2.45. The quantitative estimate of drug-likeness (QED) is 0.753. The van der Waals surface area contributed by atoms with Crippen LogP contribution in [0.5, 0.6) is 0 Å². The maximum atomic E-state index is 11.6. The normalized spacial score (nSPS) is 14.6. The van der Waals surface area contributed by atoms with Crippen LogP contribution in [-0.4, -0.2) is 32.6 Å². The van der Waals surface area contributed by atoms with Crippen molar-refractivity contribution in [3.63, 3.8) is 0 Å². The van der Waals surface area contributed by atoms with Crippen LogP contribution in [-0.2, 0) is 17.6 Å². The second kappa shape index (κ2) is 6.68. The summed E-state index contributed by atoms with van der Waals surface area (Å²) in [5.41, 5.74) is 9.14. The van der Waals surface area contributed by atoms with Crippen LogP contribution in [0.25, 0.3) is 0 Å². The van der Waals surface area contributed by atoms with E-state index < -0.39 is 0 Å². The van der Waals surface area contributed by atoms with Crippen LogP contribution >= 0.6 is 0 Å².